The van der Waals surface area contributed by atoms with E-state index in [0.29, 0.717) is 6.04 Å². The summed E-state index contributed by atoms with van der Waals surface area (Å²) in [5.41, 5.74) is 2.32. The Labute approximate surface area is 175 Å². The van der Waals surface area contributed by atoms with Crippen molar-refractivity contribution in [2.45, 2.75) is 71.3 Å². The van der Waals surface area contributed by atoms with Gasteiger partial charge in [-0.3, -0.25) is 4.79 Å². The molecule has 0 unspecified atom stereocenters. The number of nitrogens with zero attached hydrogens (tertiary/aromatic N) is 4. The number of hydrogen-bond acceptors (Lipinski definition) is 5. The highest BCUT2D eigenvalue weighted by Crippen LogP contribution is 2.27. The lowest BCUT2D eigenvalue weighted by Gasteiger charge is -2.31. The first kappa shape index (κ1) is 20.6. The van der Waals surface area contributed by atoms with Crippen molar-refractivity contribution < 1.29 is 4.79 Å². The van der Waals surface area contributed by atoms with E-state index in [1.54, 1.807) is 0 Å². The molecule has 2 fully saturated rings. The molecule has 6 heteroatoms. The molecule has 29 heavy (non-hydrogen) atoms. The van der Waals surface area contributed by atoms with Crippen LogP contribution in [0.1, 0.15) is 63.6 Å². The minimum Gasteiger partial charge on any atom is -0.356 e. The second-order valence-electron chi connectivity index (χ2n) is 9.42. The standard InChI is InChI=1S/C23H37N5O/c1-17-8-13-28(14-9-17)23-25-16-20-15-19(5-6-21(20)26-23)22(29)24-10-7-18(2)27-11-3-4-12-27/h16-19H,3-15H2,1-2H3,(H,24,29)/t18-,19-/m1/s1. The fourth-order valence-electron chi connectivity index (χ4n) is 5.00. The lowest BCUT2D eigenvalue weighted by molar-refractivity contribution is -0.125. The molecule has 4 rings (SSSR count). The Kier molecular flexibility index (Phi) is 6.68. The molecule has 0 radical (unpaired) electrons. The summed E-state index contributed by atoms with van der Waals surface area (Å²) in [5.74, 6) is 1.96. The van der Waals surface area contributed by atoms with Crippen molar-refractivity contribution in [1.82, 2.24) is 20.2 Å². The van der Waals surface area contributed by atoms with Gasteiger partial charge in [0.2, 0.25) is 11.9 Å². The highest BCUT2D eigenvalue weighted by atomic mass is 16.1. The van der Waals surface area contributed by atoms with Gasteiger partial charge >= 0.3 is 0 Å². The van der Waals surface area contributed by atoms with Crippen LogP contribution in [0.25, 0.3) is 0 Å². The summed E-state index contributed by atoms with van der Waals surface area (Å²) < 4.78 is 0. The molecule has 2 saturated heterocycles. The van der Waals surface area contributed by atoms with Crippen LogP contribution in [-0.4, -0.2) is 59.5 Å². The summed E-state index contributed by atoms with van der Waals surface area (Å²) in [4.78, 5) is 27.0. The van der Waals surface area contributed by atoms with Crippen LogP contribution in [0.5, 0.6) is 0 Å². The Balaban J connectivity index is 1.26. The van der Waals surface area contributed by atoms with Crippen LogP contribution < -0.4 is 10.2 Å². The number of piperidine rings is 1. The molecule has 2 aliphatic heterocycles. The lowest BCUT2D eigenvalue weighted by atomic mass is 9.86. The third-order valence-electron chi connectivity index (χ3n) is 7.20. The first-order valence-corrected chi connectivity index (χ1v) is 11.7. The molecule has 1 amide bonds. The van der Waals surface area contributed by atoms with Crippen LogP contribution in [0.15, 0.2) is 6.20 Å². The number of anilines is 1. The SMILES string of the molecule is CC1CCN(c2ncc3c(n2)CC[C@@H](C(=O)NCC[C@@H](C)N2CCCC2)C3)CC1. The molecule has 0 bridgehead atoms. The van der Waals surface area contributed by atoms with Gasteiger partial charge in [-0.1, -0.05) is 6.92 Å². The number of fused-ring (bicyclic) bond motifs is 1. The zero-order chi connectivity index (χ0) is 20.2. The van der Waals surface area contributed by atoms with E-state index >= 15 is 0 Å². The van der Waals surface area contributed by atoms with Gasteiger partial charge < -0.3 is 15.1 Å². The van der Waals surface area contributed by atoms with E-state index in [-0.39, 0.29) is 11.8 Å². The maximum Gasteiger partial charge on any atom is 0.225 e. The third-order valence-corrected chi connectivity index (χ3v) is 7.20. The lowest BCUT2D eigenvalue weighted by Crippen LogP contribution is -2.38. The van der Waals surface area contributed by atoms with Crippen molar-refractivity contribution in [3.8, 4) is 0 Å². The van der Waals surface area contributed by atoms with Crippen LogP contribution in [0.4, 0.5) is 5.95 Å². The first-order chi connectivity index (χ1) is 14.1. The molecule has 1 aromatic rings. The molecule has 2 atom stereocenters. The molecule has 0 aromatic carbocycles. The van der Waals surface area contributed by atoms with Gasteiger partial charge in [0.05, 0.1) is 0 Å². The van der Waals surface area contributed by atoms with Crippen molar-refractivity contribution in [1.29, 1.82) is 0 Å². The zero-order valence-electron chi connectivity index (χ0n) is 18.2. The maximum atomic E-state index is 12.7. The van der Waals surface area contributed by atoms with Crippen LogP contribution >= 0.6 is 0 Å². The van der Waals surface area contributed by atoms with Crippen molar-refractivity contribution in [3.63, 3.8) is 0 Å². The van der Waals surface area contributed by atoms with Crippen molar-refractivity contribution in [3.05, 3.63) is 17.5 Å². The molecular weight excluding hydrogens is 362 g/mol. The minimum atomic E-state index is 0.0647. The van der Waals surface area contributed by atoms with E-state index in [1.807, 2.05) is 6.20 Å². The van der Waals surface area contributed by atoms with Gasteiger partial charge in [0.1, 0.15) is 0 Å². The Morgan fingerprint density at radius 3 is 2.72 bits per heavy atom. The number of carbonyl (C=O) groups excluding carboxylic acids is 1. The highest BCUT2D eigenvalue weighted by molar-refractivity contribution is 5.79. The molecule has 3 heterocycles. The predicted molar refractivity (Wildman–Crippen MR) is 116 cm³/mol. The number of nitrogens with one attached hydrogen (secondary N) is 1. The smallest absolute Gasteiger partial charge is 0.225 e. The molecule has 1 aliphatic carbocycles. The number of likely N-dealkylation sites (tertiary alicyclic amines) is 1. The fraction of sp³-hybridized carbons (Fsp3) is 0.783. The van der Waals surface area contributed by atoms with Gasteiger partial charge in [-0.05, 0) is 82.9 Å². The highest BCUT2D eigenvalue weighted by Gasteiger charge is 2.27. The first-order valence-electron chi connectivity index (χ1n) is 11.7. The molecule has 1 N–H and O–H groups in total. The van der Waals surface area contributed by atoms with E-state index in [1.165, 1.54) is 38.8 Å². The van der Waals surface area contributed by atoms with E-state index in [9.17, 15) is 4.79 Å². The quantitative estimate of drug-likeness (QED) is 0.797. The van der Waals surface area contributed by atoms with Crippen molar-refractivity contribution >= 4 is 11.9 Å². The van der Waals surface area contributed by atoms with E-state index in [4.69, 9.17) is 4.98 Å². The van der Waals surface area contributed by atoms with E-state index in [0.717, 1.165) is 68.4 Å². The third kappa shape index (κ3) is 5.08. The average Bonchev–Trinajstić information content (AvgIpc) is 3.28. The zero-order valence-corrected chi connectivity index (χ0v) is 18.2. The molecule has 6 nitrogen and oxygen atoms in total. The van der Waals surface area contributed by atoms with Gasteiger partial charge in [-0.25, -0.2) is 9.97 Å². The van der Waals surface area contributed by atoms with Gasteiger partial charge in [0, 0.05) is 43.5 Å². The summed E-state index contributed by atoms with van der Waals surface area (Å²) in [6.07, 6.45) is 10.7. The molecular formula is C23H37N5O. The molecule has 1 aromatic heterocycles. The monoisotopic (exact) mass is 399 g/mol. The number of rotatable bonds is 6. The largest absolute Gasteiger partial charge is 0.356 e. The van der Waals surface area contributed by atoms with Crippen LogP contribution in [-0.2, 0) is 17.6 Å². The van der Waals surface area contributed by atoms with Gasteiger partial charge in [0.25, 0.3) is 0 Å². The Morgan fingerprint density at radius 1 is 1.21 bits per heavy atom. The van der Waals surface area contributed by atoms with Crippen LogP contribution in [0.3, 0.4) is 0 Å². The number of carbonyl (C=O) groups is 1. The van der Waals surface area contributed by atoms with Gasteiger partial charge in [0.15, 0.2) is 0 Å². The van der Waals surface area contributed by atoms with Crippen LogP contribution in [0.2, 0.25) is 0 Å². The van der Waals surface area contributed by atoms with Gasteiger partial charge in [-0.15, -0.1) is 0 Å². The van der Waals surface area contributed by atoms with Gasteiger partial charge in [-0.2, -0.15) is 0 Å². The fourth-order valence-corrected chi connectivity index (χ4v) is 5.00. The van der Waals surface area contributed by atoms with E-state index < -0.39 is 0 Å². The number of aromatic nitrogens is 2. The predicted octanol–water partition coefficient (Wildman–Crippen LogP) is 2.81. The second-order valence-corrected chi connectivity index (χ2v) is 9.42. The summed E-state index contributed by atoms with van der Waals surface area (Å²) in [7, 11) is 0. The maximum absolute atomic E-state index is 12.7. The minimum absolute atomic E-state index is 0.0647. The summed E-state index contributed by atoms with van der Waals surface area (Å²) in [6.45, 7) is 9.93. The molecule has 0 spiro atoms. The number of amides is 1. The molecule has 0 saturated carbocycles. The number of aryl methyl sites for hydroxylation is 1. The average molecular weight is 400 g/mol. The van der Waals surface area contributed by atoms with Crippen molar-refractivity contribution in [2.75, 3.05) is 37.6 Å². The summed E-state index contributed by atoms with van der Waals surface area (Å²) in [5, 5.41) is 3.19. The molecule has 160 valence electrons. The Hall–Kier alpha value is -1.69. The summed E-state index contributed by atoms with van der Waals surface area (Å²) in [6, 6.07) is 0.564. The van der Waals surface area contributed by atoms with E-state index in [2.05, 4.69) is 33.9 Å². The normalized spacial score (nSPS) is 24.3. The molecule has 3 aliphatic rings. The second kappa shape index (κ2) is 9.41. The van der Waals surface area contributed by atoms with Crippen LogP contribution in [0, 0.1) is 11.8 Å². The Bertz CT molecular complexity index is 695. The van der Waals surface area contributed by atoms with Crippen molar-refractivity contribution in [2.24, 2.45) is 11.8 Å². The summed E-state index contributed by atoms with van der Waals surface area (Å²) >= 11 is 0. The Morgan fingerprint density at radius 2 is 1.97 bits per heavy atom. The number of hydrogen-bond donors (Lipinski definition) is 1. The topological polar surface area (TPSA) is 61.4 Å².